The molecule has 1 heterocycles. The Bertz CT molecular complexity index is 763. The van der Waals surface area contributed by atoms with Gasteiger partial charge in [-0.05, 0) is 23.8 Å². The van der Waals surface area contributed by atoms with Crippen molar-refractivity contribution in [3.8, 4) is 6.07 Å². The Morgan fingerprint density at radius 3 is 2.82 bits per heavy atom. The van der Waals surface area contributed by atoms with Crippen LogP contribution in [0.2, 0.25) is 0 Å². The molecule has 108 valence electrons. The average Bonchev–Trinajstić information content (AvgIpc) is 3.06. The fourth-order valence-electron chi connectivity index (χ4n) is 2.23. The highest BCUT2D eigenvalue weighted by Crippen LogP contribution is 2.27. The number of carbonyl (C=O) groups is 1. The first kappa shape index (κ1) is 13.8. The second-order valence-electron chi connectivity index (χ2n) is 4.89. The number of rotatable bonds is 3. The molecule has 1 aliphatic heterocycles. The lowest BCUT2D eigenvalue weighted by atomic mass is 10.0. The van der Waals surface area contributed by atoms with Gasteiger partial charge in [-0.1, -0.05) is 41.6 Å². The van der Waals surface area contributed by atoms with Crippen LogP contribution in [0.4, 0.5) is 5.69 Å². The number of nitriles is 1. The summed E-state index contributed by atoms with van der Waals surface area (Å²) in [5.74, 6) is -0.312. The first-order chi connectivity index (χ1) is 10.8. The van der Waals surface area contributed by atoms with Gasteiger partial charge in [-0.15, -0.1) is 0 Å². The molecule has 3 rings (SSSR count). The van der Waals surface area contributed by atoms with Crippen LogP contribution in [0.5, 0.6) is 0 Å². The lowest BCUT2D eigenvalue weighted by Gasteiger charge is -2.07. The quantitative estimate of drug-likeness (QED) is 0.944. The van der Waals surface area contributed by atoms with E-state index in [9.17, 15) is 4.79 Å². The maximum atomic E-state index is 12.2. The van der Waals surface area contributed by atoms with Crippen molar-refractivity contribution in [3.63, 3.8) is 0 Å². The number of oxime groups is 1. The molecular formula is C17H13N3O2. The van der Waals surface area contributed by atoms with Crippen LogP contribution in [-0.4, -0.2) is 11.6 Å². The predicted molar refractivity (Wildman–Crippen MR) is 82.1 cm³/mol. The fourth-order valence-corrected chi connectivity index (χ4v) is 2.23. The van der Waals surface area contributed by atoms with Gasteiger partial charge in [-0.2, -0.15) is 5.26 Å². The maximum Gasteiger partial charge on any atom is 0.273 e. The molecule has 1 amide bonds. The number of hydrogen-bond acceptors (Lipinski definition) is 4. The smallest absolute Gasteiger partial charge is 0.273 e. The molecule has 1 unspecified atom stereocenters. The molecule has 0 spiro atoms. The van der Waals surface area contributed by atoms with Crippen molar-refractivity contribution in [1.29, 1.82) is 5.26 Å². The minimum absolute atomic E-state index is 0.229. The summed E-state index contributed by atoms with van der Waals surface area (Å²) in [7, 11) is 0. The van der Waals surface area contributed by atoms with E-state index >= 15 is 0 Å². The average molecular weight is 291 g/mol. The third-order valence-electron chi connectivity index (χ3n) is 3.35. The number of carbonyl (C=O) groups excluding carboxylic acids is 1. The van der Waals surface area contributed by atoms with Gasteiger partial charge in [0, 0.05) is 12.1 Å². The Kier molecular flexibility index (Phi) is 3.84. The maximum absolute atomic E-state index is 12.2. The summed E-state index contributed by atoms with van der Waals surface area (Å²) in [6.45, 7) is 0. The van der Waals surface area contributed by atoms with E-state index in [1.165, 1.54) is 0 Å². The number of benzene rings is 2. The molecule has 0 radical (unpaired) electrons. The number of nitrogens with zero attached hydrogens (tertiary/aromatic N) is 2. The van der Waals surface area contributed by atoms with Crippen LogP contribution in [0.15, 0.2) is 59.8 Å². The molecule has 1 aliphatic rings. The summed E-state index contributed by atoms with van der Waals surface area (Å²) in [6.07, 6.45) is 0.195. The second kappa shape index (κ2) is 6.10. The van der Waals surface area contributed by atoms with E-state index in [0.29, 0.717) is 23.4 Å². The molecule has 5 heteroatoms. The van der Waals surface area contributed by atoms with Crippen molar-refractivity contribution in [3.05, 3.63) is 65.7 Å². The van der Waals surface area contributed by atoms with Crippen LogP contribution < -0.4 is 5.32 Å². The summed E-state index contributed by atoms with van der Waals surface area (Å²) in [6, 6.07) is 18.4. The van der Waals surface area contributed by atoms with E-state index in [2.05, 4.69) is 10.5 Å². The summed E-state index contributed by atoms with van der Waals surface area (Å²) in [5, 5.41) is 15.5. The SMILES string of the molecule is N#Cc1cccc(NC(=O)C2=NOC(c3ccccc3)C2)c1. The Labute approximate surface area is 127 Å². The zero-order valence-electron chi connectivity index (χ0n) is 11.7. The minimum Gasteiger partial charge on any atom is -0.387 e. The Balaban J connectivity index is 1.65. The van der Waals surface area contributed by atoms with Crippen molar-refractivity contribution in [2.45, 2.75) is 12.5 Å². The van der Waals surface area contributed by atoms with Gasteiger partial charge in [0.05, 0.1) is 11.6 Å². The molecule has 22 heavy (non-hydrogen) atoms. The summed E-state index contributed by atoms with van der Waals surface area (Å²) in [5.41, 5.74) is 2.39. The molecule has 2 aromatic carbocycles. The molecular weight excluding hydrogens is 278 g/mol. The van der Waals surface area contributed by atoms with Gasteiger partial charge in [0.1, 0.15) is 5.71 Å². The molecule has 1 atom stereocenters. The van der Waals surface area contributed by atoms with E-state index in [1.807, 2.05) is 36.4 Å². The molecule has 5 nitrogen and oxygen atoms in total. The van der Waals surface area contributed by atoms with E-state index in [4.69, 9.17) is 10.1 Å². The Morgan fingerprint density at radius 1 is 1.23 bits per heavy atom. The summed E-state index contributed by atoms with van der Waals surface area (Å²) >= 11 is 0. The highest BCUT2D eigenvalue weighted by molar-refractivity contribution is 6.43. The highest BCUT2D eigenvalue weighted by Gasteiger charge is 2.27. The van der Waals surface area contributed by atoms with Gasteiger partial charge in [-0.25, -0.2) is 0 Å². The van der Waals surface area contributed by atoms with Crippen LogP contribution in [0.3, 0.4) is 0 Å². The van der Waals surface area contributed by atoms with Crippen molar-refractivity contribution in [2.75, 3.05) is 5.32 Å². The van der Waals surface area contributed by atoms with Crippen LogP contribution in [0.25, 0.3) is 0 Å². The Morgan fingerprint density at radius 2 is 2.05 bits per heavy atom. The van der Waals surface area contributed by atoms with Crippen LogP contribution in [0, 0.1) is 11.3 Å². The predicted octanol–water partition coefficient (Wildman–Crippen LogP) is 3.01. The van der Waals surface area contributed by atoms with E-state index in [0.717, 1.165) is 5.56 Å². The summed E-state index contributed by atoms with van der Waals surface area (Å²) in [4.78, 5) is 17.5. The van der Waals surface area contributed by atoms with Crippen molar-refractivity contribution >= 4 is 17.3 Å². The zero-order chi connectivity index (χ0) is 15.4. The topological polar surface area (TPSA) is 74.5 Å². The summed E-state index contributed by atoms with van der Waals surface area (Å²) < 4.78 is 0. The van der Waals surface area contributed by atoms with Crippen LogP contribution in [0.1, 0.15) is 23.7 Å². The lowest BCUT2D eigenvalue weighted by molar-refractivity contribution is -0.110. The highest BCUT2D eigenvalue weighted by atomic mass is 16.6. The second-order valence-corrected chi connectivity index (χ2v) is 4.89. The van der Waals surface area contributed by atoms with Gasteiger partial charge in [-0.3, -0.25) is 4.79 Å². The molecule has 0 aliphatic carbocycles. The van der Waals surface area contributed by atoms with Gasteiger partial charge >= 0.3 is 0 Å². The van der Waals surface area contributed by atoms with E-state index in [-0.39, 0.29) is 12.0 Å². The van der Waals surface area contributed by atoms with Gasteiger partial charge < -0.3 is 10.2 Å². The standard InChI is InChI=1S/C17H13N3O2/c18-11-12-5-4-8-14(9-12)19-17(21)15-10-16(22-20-15)13-6-2-1-3-7-13/h1-9,16H,10H2,(H,19,21). The number of anilines is 1. The van der Waals surface area contributed by atoms with Gasteiger partial charge in [0.15, 0.2) is 6.10 Å². The molecule has 2 aromatic rings. The van der Waals surface area contributed by atoms with Crippen molar-refractivity contribution in [2.24, 2.45) is 5.16 Å². The third kappa shape index (κ3) is 2.96. The normalized spacial score (nSPS) is 16.3. The molecule has 0 bridgehead atoms. The zero-order valence-corrected chi connectivity index (χ0v) is 11.7. The lowest BCUT2D eigenvalue weighted by Crippen LogP contribution is -2.21. The minimum atomic E-state index is -0.312. The molecule has 0 saturated carbocycles. The molecule has 1 N–H and O–H groups in total. The third-order valence-corrected chi connectivity index (χ3v) is 3.35. The number of nitrogens with one attached hydrogen (secondary N) is 1. The monoisotopic (exact) mass is 291 g/mol. The first-order valence-corrected chi connectivity index (χ1v) is 6.85. The van der Waals surface area contributed by atoms with Gasteiger partial charge in [0.25, 0.3) is 5.91 Å². The number of amides is 1. The first-order valence-electron chi connectivity index (χ1n) is 6.85. The van der Waals surface area contributed by atoms with Gasteiger partial charge in [0.2, 0.25) is 0 Å². The van der Waals surface area contributed by atoms with E-state index < -0.39 is 0 Å². The van der Waals surface area contributed by atoms with Crippen LogP contribution >= 0.6 is 0 Å². The fraction of sp³-hybridized carbons (Fsp3) is 0.118. The number of hydrogen-bond donors (Lipinski definition) is 1. The molecule has 0 fully saturated rings. The largest absolute Gasteiger partial charge is 0.387 e. The van der Waals surface area contributed by atoms with Crippen molar-refractivity contribution < 1.29 is 9.63 Å². The van der Waals surface area contributed by atoms with Crippen molar-refractivity contribution in [1.82, 2.24) is 0 Å². The van der Waals surface area contributed by atoms with Crippen LogP contribution in [-0.2, 0) is 9.63 Å². The molecule has 0 aromatic heterocycles. The molecule has 0 saturated heterocycles. The van der Waals surface area contributed by atoms with E-state index in [1.54, 1.807) is 24.3 Å². The Hall–Kier alpha value is -3.13.